The van der Waals surface area contributed by atoms with E-state index in [0.717, 1.165) is 25.2 Å². The average molecular weight is 390 g/mol. The minimum atomic E-state index is -0.879. The lowest BCUT2D eigenvalue weighted by molar-refractivity contribution is -0.140. The lowest BCUT2D eigenvalue weighted by atomic mass is 10.1. The van der Waals surface area contributed by atoms with Crippen molar-refractivity contribution in [2.45, 2.75) is 0 Å². The van der Waals surface area contributed by atoms with Gasteiger partial charge in [0.2, 0.25) is 0 Å². The van der Waals surface area contributed by atoms with Crippen LogP contribution in [-0.4, -0.2) is 44.6 Å². The number of rotatable bonds is 3. The van der Waals surface area contributed by atoms with Crippen LogP contribution in [0, 0.1) is 5.82 Å². The van der Waals surface area contributed by atoms with Crippen molar-refractivity contribution in [3.63, 3.8) is 0 Å². The molecule has 0 saturated carbocycles. The third kappa shape index (κ3) is 3.30. The zero-order valence-electron chi connectivity index (χ0n) is 12.3. The molecule has 0 fully saturated rings. The van der Waals surface area contributed by atoms with Crippen LogP contribution in [0.5, 0.6) is 5.75 Å². The van der Waals surface area contributed by atoms with Crippen LogP contribution in [0.4, 0.5) is 10.1 Å². The number of hydrogen-bond acceptors (Lipinski definition) is 7. The lowest BCUT2D eigenvalue weighted by Gasteiger charge is -2.31. The van der Waals surface area contributed by atoms with Crippen molar-refractivity contribution in [2.75, 3.05) is 32.5 Å². The van der Waals surface area contributed by atoms with E-state index in [0.29, 0.717) is 4.47 Å². The van der Waals surface area contributed by atoms with Gasteiger partial charge < -0.3 is 24.2 Å². The summed E-state index contributed by atoms with van der Waals surface area (Å²) in [5.41, 5.74) is -0.691. The molecule has 9 heteroatoms. The molecule has 124 valence electrons. The minimum absolute atomic E-state index is 0.132. The van der Waals surface area contributed by atoms with Crippen molar-refractivity contribution in [1.82, 2.24) is 0 Å². The summed E-state index contributed by atoms with van der Waals surface area (Å²) < 4.78 is 29.0. The van der Waals surface area contributed by atoms with Crippen LogP contribution in [0.2, 0.25) is 0 Å². The maximum Gasteiger partial charge on any atom is 0.355 e. The number of methoxy groups -OCH3 is 2. The summed E-state index contributed by atoms with van der Waals surface area (Å²) in [6.07, 6.45) is 0. The van der Waals surface area contributed by atoms with Crippen molar-refractivity contribution in [3.8, 4) is 5.75 Å². The molecule has 0 unspecified atom stereocenters. The summed E-state index contributed by atoms with van der Waals surface area (Å²) in [4.78, 5) is 24.9. The Labute approximate surface area is 139 Å². The molecule has 2 rings (SSSR count). The molecule has 0 atom stereocenters. The maximum absolute atomic E-state index is 14.3. The molecular weight excluding hydrogens is 377 g/mol. The van der Waals surface area contributed by atoms with Crippen LogP contribution >= 0.6 is 15.9 Å². The Morgan fingerprint density at radius 1 is 1.30 bits per heavy atom. The monoisotopic (exact) mass is 389 g/mol. The molecule has 0 spiro atoms. The number of anilines is 1. The van der Waals surface area contributed by atoms with Gasteiger partial charge in [-0.1, -0.05) is 15.9 Å². The molecule has 1 N–H and O–H groups in total. The highest BCUT2D eigenvalue weighted by Gasteiger charge is 2.34. The molecule has 1 aliphatic heterocycles. The summed E-state index contributed by atoms with van der Waals surface area (Å²) in [6, 6.07) is 2.36. The Morgan fingerprint density at radius 3 is 2.52 bits per heavy atom. The molecule has 0 aliphatic carbocycles. The quantitative estimate of drug-likeness (QED) is 0.787. The van der Waals surface area contributed by atoms with E-state index in [9.17, 15) is 19.1 Å². The Bertz CT molecular complexity index is 667. The van der Waals surface area contributed by atoms with E-state index in [1.807, 2.05) is 0 Å². The third-order valence-electron chi connectivity index (χ3n) is 3.11. The van der Waals surface area contributed by atoms with Gasteiger partial charge >= 0.3 is 11.9 Å². The van der Waals surface area contributed by atoms with Gasteiger partial charge in [-0.2, -0.15) is 0 Å². The zero-order chi connectivity index (χ0) is 17.1. The first-order chi connectivity index (χ1) is 10.9. The Hall–Kier alpha value is -2.13. The van der Waals surface area contributed by atoms with Gasteiger partial charge in [-0.15, -0.1) is 0 Å². The summed E-state index contributed by atoms with van der Waals surface area (Å²) in [5.74, 6) is -2.94. The molecule has 1 aliphatic rings. The number of carbonyl (C=O) groups excluding carboxylic acids is 2. The number of phenolic OH excluding ortho intramolecular Hbond substituents is 1. The van der Waals surface area contributed by atoms with Crippen LogP contribution in [-0.2, 0) is 23.8 Å². The van der Waals surface area contributed by atoms with Crippen molar-refractivity contribution in [1.29, 1.82) is 0 Å². The van der Waals surface area contributed by atoms with E-state index in [1.165, 1.54) is 6.07 Å². The third-order valence-corrected chi connectivity index (χ3v) is 3.57. The second-order valence-electron chi connectivity index (χ2n) is 4.47. The fraction of sp³-hybridized carbons (Fsp3) is 0.286. The van der Waals surface area contributed by atoms with E-state index in [1.54, 1.807) is 0 Å². The number of benzene rings is 1. The van der Waals surface area contributed by atoms with Crippen molar-refractivity contribution < 1.29 is 33.3 Å². The second-order valence-corrected chi connectivity index (χ2v) is 5.39. The highest BCUT2D eigenvalue weighted by Crippen LogP contribution is 2.37. The molecule has 0 saturated heterocycles. The number of aromatic hydroxyl groups is 1. The number of hydrogen-bond donors (Lipinski definition) is 1. The van der Waals surface area contributed by atoms with Gasteiger partial charge in [-0.3, -0.25) is 0 Å². The largest absolute Gasteiger partial charge is 0.506 e. The van der Waals surface area contributed by atoms with Gasteiger partial charge in [-0.25, -0.2) is 14.0 Å². The van der Waals surface area contributed by atoms with E-state index < -0.39 is 23.5 Å². The van der Waals surface area contributed by atoms with Crippen molar-refractivity contribution >= 4 is 33.6 Å². The van der Waals surface area contributed by atoms with E-state index in [2.05, 4.69) is 25.4 Å². The molecule has 23 heavy (non-hydrogen) atoms. The van der Waals surface area contributed by atoms with Crippen molar-refractivity contribution in [3.05, 3.63) is 33.7 Å². The molecule has 1 heterocycles. The summed E-state index contributed by atoms with van der Waals surface area (Å²) >= 11 is 3.05. The molecular formula is C14H13BrFNO6. The molecule has 1 aromatic carbocycles. The number of ether oxygens (including phenoxy) is 3. The number of carbonyl (C=O) groups is 2. The van der Waals surface area contributed by atoms with Gasteiger partial charge in [0.15, 0.2) is 5.82 Å². The first-order valence-corrected chi connectivity index (χ1v) is 7.13. The molecule has 0 bridgehead atoms. The standard InChI is InChI=1S/C14H13BrFNO6/c1-21-13(19)8-5-23-6-17(11(8)14(20)22-2)12-9(16)3-7(15)4-10(12)18/h3-4,18H,5-6H2,1-2H3. The van der Waals surface area contributed by atoms with Gasteiger partial charge in [0.05, 0.1) is 26.4 Å². The smallest absolute Gasteiger partial charge is 0.355 e. The van der Waals surface area contributed by atoms with Crippen LogP contribution in [0.15, 0.2) is 27.9 Å². The number of halogens is 2. The van der Waals surface area contributed by atoms with Gasteiger partial charge in [0.25, 0.3) is 0 Å². The first kappa shape index (κ1) is 17.2. The van der Waals surface area contributed by atoms with E-state index in [4.69, 9.17) is 4.74 Å². The van der Waals surface area contributed by atoms with Crippen LogP contribution in [0.1, 0.15) is 0 Å². The predicted octanol–water partition coefficient (Wildman–Crippen LogP) is 1.69. The fourth-order valence-corrected chi connectivity index (χ4v) is 2.56. The summed E-state index contributed by atoms with van der Waals surface area (Å²) in [6.45, 7) is -0.455. The van der Waals surface area contributed by atoms with E-state index in [-0.39, 0.29) is 30.3 Å². The molecule has 0 amide bonds. The topological polar surface area (TPSA) is 85.3 Å². The number of nitrogens with zero attached hydrogens (tertiary/aromatic N) is 1. The Kier molecular flexibility index (Phi) is 5.22. The maximum atomic E-state index is 14.3. The van der Waals surface area contributed by atoms with Gasteiger partial charge in [-0.05, 0) is 12.1 Å². The van der Waals surface area contributed by atoms with Crippen molar-refractivity contribution in [2.24, 2.45) is 0 Å². The highest BCUT2D eigenvalue weighted by atomic mass is 79.9. The minimum Gasteiger partial charge on any atom is -0.506 e. The Balaban J connectivity index is 2.65. The van der Waals surface area contributed by atoms with E-state index >= 15 is 0 Å². The van der Waals surface area contributed by atoms with Crippen LogP contribution in [0.3, 0.4) is 0 Å². The van der Waals surface area contributed by atoms with Gasteiger partial charge in [0, 0.05) is 4.47 Å². The van der Waals surface area contributed by atoms with Gasteiger partial charge in [0.1, 0.15) is 23.9 Å². The summed E-state index contributed by atoms with van der Waals surface area (Å²) in [5, 5.41) is 10.0. The first-order valence-electron chi connectivity index (χ1n) is 6.33. The zero-order valence-corrected chi connectivity index (χ0v) is 13.8. The predicted molar refractivity (Wildman–Crippen MR) is 80.1 cm³/mol. The number of esters is 2. The van der Waals surface area contributed by atoms with Crippen LogP contribution < -0.4 is 4.90 Å². The lowest BCUT2D eigenvalue weighted by Crippen LogP contribution is -2.39. The highest BCUT2D eigenvalue weighted by molar-refractivity contribution is 9.10. The normalized spacial score (nSPS) is 14.7. The Morgan fingerprint density at radius 2 is 1.96 bits per heavy atom. The fourth-order valence-electron chi connectivity index (χ4n) is 2.14. The SMILES string of the molecule is COC(=O)C1=C(C(=O)OC)N(c2c(O)cc(Br)cc2F)COC1. The molecule has 0 aromatic heterocycles. The van der Waals surface area contributed by atoms with Crippen LogP contribution in [0.25, 0.3) is 0 Å². The molecule has 1 aromatic rings. The second kappa shape index (κ2) is 6.97. The molecule has 0 radical (unpaired) electrons. The summed E-state index contributed by atoms with van der Waals surface area (Å²) in [7, 11) is 2.26. The molecule has 7 nitrogen and oxygen atoms in total. The average Bonchev–Trinajstić information content (AvgIpc) is 2.52. The number of phenols is 1.